The van der Waals surface area contributed by atoms with E-state index in [0.717, 1.165) is 25.3 Å². The normalized spacial score (nSPS) is 11.0. The molecule has 0 saturated heterocycles. The molecule has 92 valence electrons. The van der Waals surface area contributed by atoms with Crippen molar-refractivity contribution in [3.63, 3.8) is 0 Å². The lowest BCUT2D eigenvalue weighted by Crippen LogP contribution is -2.11. The highest BCUT2D eigenvalue weighted by Gasteiger charge is 2.12. The van der Waals surface area contributed by atoms with Gasteiger partial charge in [0, 0.05) is 11.4 Å². The van der Waals surface area contributed by atoms with Gasteiger partial charge in [-0.05, 0) is 30.0 Å². The number of ether oxygens (including phenoxy) is 1. The van der Waals surface area contributed by atoms with Gasteiger partial charge in [-0.25, -0.2) is 0 Å². The molecule has 1 heterocycles. The SMILES string of the molecule is CCNCc1sc2c(OC)cccc2c1CC. The zero-order chi connectivity index (χ0) is 12.3. The van der Waals surface area contributed by atoms with Gasteiger partial charge in [-0.1, -0.05) is 26.0 Å². The van der Waals surface area contributed by atoms with Crippen molar-refractivity contribution in [3.8, 4) is 5.75 Å². The van der Waals surface area contributed by atoms with Crippen molar-refractivity contribution < 1.29 is 4.74 Å². The minimum absolute atomic E-state index is 0.960. The largest absolute Gasteiger partial charge is 0.495 e. The highest BCUT2D eigenvalue weighted by molar-refractivity contribution is 7.19. The summed E-state index contributed by atoms with van der Waals surface area (Å²) in [6.45, 7) is 6.33. The average Bonchev–Trinajstić information content (AvgIpc) is 2.73. The fourth-order valence-electron chi connectivity index (χ4n) is 2.12. The van der Waals surface area contributed by atoms with Gasteiger partial charge >= 0.3 is 0 Å². The second kappa shape index (κ2) is 5.52. The van der Waals surface area contributed by atoms with Crippen LogP contribution in [0.4, 0.5) is 0 Å². The molecule has 0 aliphatic rings. The summed E-state index contributed by atoms with van der Waals surface area (Å²) < 4.78 is 6.71. The number of nitrogens with one attached hydrogen (secondary N) is 1. The molecule has 2 rings (SSSR count). The van der Waals surface area contributed by atoms with E-state index in [1.807, 2.05) is 17.4 Å². The van der Waals surface area contributed by atoms with Crippen molar-refractivity contribution >= 4 is 21.4 Å². The summed E-state index contributed by atoms with van der Waals surface area (Å²) in [4.78, 5) is 1.44. The molecule has 0 radical (unpaired) electrons. The lowest BCUT2D eigenvalue weighted by molar-refractivity contribution is 0.420. The Morgan fingerprint density at radius 3 is 2.76 bits per heavy atom. The number of aryl methyl sites for hydroxylation is 1. The van der Waals surface area contributed by atoms with Gasteiger partial charge in [0.1, 0.15) is 5.75 Å². The van der Waals surface area contributed by atoms with Crippen LogP contribution in [0.1, 0.15) is 24.3 Å². The van der Waals surface area contributed by atoms with E-state index in [1.54, 1.807) is 7.11 Å². The van der Waals surface area contributed by atoms with E-state index in [1.165, 1.54) is 20.5 Å². The van der Waals surface area contributed by atoms with Gasteiger partial charge < -0.3 is 10.1 Å². The summed E-state index contributed by atoms with van der Waals surface area (Å²) in [6, 6.07) is 6.31. The molecule has 0 fully saturated rings. The Bertz CT molecular complexity index is 504. The Hall–Kier alpha value is -1.06. The summed E-state index contributed by atoms with van der Waals surface area (Å²) in [5.74, 6) is 0.991. The second-order valence-corrected chi connectivity index (χ2v) is 5.08. The van der Waals surface area contributed by atoms with Gasteiger partial charge in [-0.15, -0.1) is 11.3 Å². The predicted octanol–water partition coefficient (Wildman–Crippen LogP) is 3.58. The van der Waals surface area contributed by atoms with Crippen LogP contribution in [0.15, 0.2) is 18.2 Å². The molecule has 0 aliphatic heterocycles. The molecule has 2 aromatic rings. The summed E-state index contributed by atoms with van der Waals surface area (Å²) >= 11 is 1.85. The van der Waals surface area contributed by atoms with Gasteiger partial charge in [0.15, 0.2) is 0 Å². The Kier molecular flexibility index (Phi) is 4.02. The first-order valence-electron chi connectivity index (χ1n) is 6.09. The van der Waals surface area contributed by atoms with Crippen LogP contribution in [0.5, 0.6) is 5.75 Å². The maximum atomic E-state index is 5.43. The predicted molar refractivity (Wildman–Crippen MR) is 75.1 cm³/mol. The monoisotopic (exact) mass is 249 g/mol. The topological polar surface area (TPSA) is 21.3 Å². The van der Waals surface area contributed by atoms with Crippen molar-refractivity contribution in [2.45, 2.75) is 26.8 Å². The summed E-state index contributed by atoms with van der Waals surface area (Å²) in [5, 5.41) is 4.76. The molecule has 1 aromatic carbocycles. The molecule has 0 amide bonds. The van der Waals surface area contributed by atoms with E-state index in [9.17, 15) is 0 Å². The molecule has 0 spiro atoms. The lowest BCUT2D eigenvalue weighted by atomic mass is 10.1. The van der Waals surface area contributed by atoms with Crippen LogP contribution in [0.3, 0.4) is 0 Å². The van der Waals surface area contributed by atoms with Crippen LogP contribution in [-0.4, -0.2) is 13.7 Å². The molecular weight excluding hydrogens is 230 g/mol. The average molecular weight is 249 g/mol. The van der Waals surface area contributed by atoms with Crippen molar-refractivity contribution in [2.75, 3.05) is 13.7 Å². The maximum Gasteiger partial charge on any atom is 0.136 e. The molecule has 1 aromatic heterocycles. The zero-order valence-corrected chi connectivity index (χ0v) is 11.5. The Balaban J connectivity index is 2.53. The highest BCUT2D eigenvalue weighted by Crippen LogP contribution is 2.37. The molecule has 0 saturated carbocycles. The molecule has 3 heteroatoms. The third-order valence-electron chi connectivity index (χ3n) is 2.97. The summed E-state index contributed by atoms with van der Waals surface area (Å²) in [7, 11) is 1.74. The van der Waals surface area contributed by atoms with E-state index in [4.69, 9.17) is 4.74 Å². The number of thiophene rings is 1. The Morgan fingerprint density at radius 1 is 1.29 bits per heavy atom. The van der Waals surface area contributed by atoms with Crippen LogP contribution < -0.4 is 10.1 Å². The van der Waals surface area contributed by atoms with Crippen LogP contribution in [0.2, 0.25) is 0 Å². The van der Waals surface area contributed by atoms with Crippen molar-refractivity contribution in [2.24, 2.45) is 0 Å². The number of methoxy groups -OCH3 is 1. The quantitative estimate of drug-likeness (QED) is 0.874. The summed E-state index contributed by atoms with van der Waals surface area (Å²) in [5.41, 5.74) is 1.46. The fraction of sp³-hybridized carbons (Fsp3) is 0.429. The minimum atomic E-state index is 0.960. The van der Waals surface area contributed by atoms with E-state index in [2.05, 4.69) is 31.3 Å². The molecule has 2 nitrogen and oxygen atoms in total. The van der Waals surface area contributed by atoms with Crippen LogP contribution >= 0.6 is 11.3 Å². The van der Waals surface area contributed by atoms with Gasteiger partial charge in [0.05, 0.1) is 11.8 Å². The van der Waals surface area contributed by atoms with E-state index < -0.39 is 0 Å². The highest BCUT2D eigenvalue weighted by atomic mass is 32.1. The smallest absolute Gasteiger partial charge is 0.136 e. The first-order valence-corrected chi connectivity index (χ1v) is 6.91. The van der Waals surface area contributed by atoms with Crippen LogP contribution in [-0.2, 0) is 13.0 Å². The second-order valence-electron chi connectivity index (χ2n) is 3.97. The number of hydrogen-bond donors (Lipinski definition) is 1. The van der Waals surface area contributed by atoms with Crippen molar-refractivity contribution in [1.82, 2.24) is 5.32 Å². The zero-order valence-electron chi connectivity index (χ0n) is 10.7. The third kappa shape index (κ3) is 2.31. The third-order valence-corrected chi connectivity index (χ3v) is 4.24. The number of benzene rings is 1. The molecule has 0 bridgehead atoms. The molecule has 0 atom stereocenters. The molecular formula is C14H19NOS. The first-order chi connectivity index (χ1) is 8.31. The molecule has 17 heavy (non-hydrogen) atoms. The standard InChI is InChI=1S/C14H19NOS/c1-4-10-11-7-6-8-12(16-3)14(11)17-13(10)9-15-5-2/h6-8,15H,4-5,9H2,1-3H3. The van der Waals surface area contributed by atoms with Crippen LogP contribution in [0.25, 0.3) is 10.1 Å². The minimum Gasteiger partial charge on any atom is -0.495 e. The van der Waals surface area contributed by atoms with E-state index >= 15 is 0 Å². The summed E-state index contributed by atoms with van der Waals surface area (Å²) in [6.07, 6.45) is 1.08. The van der Waals surface area contributed by atoms with Crippen molar-refractivity contribution in [3.05, 3.63) is 28.6 Å². The number of rotatable bonds is 5. The molecule has 0 unspecified atom stereocenters. The van der Waals surface area contributed by atoms with Crippen molar-refractivity contribution in [1.29, 1.82) is 0 Å². The first kappa shape index (κ1) is 12.4. The van der Waals surface area contributed by atoms with E-state index in [-0.39, 0.29) is 0 Å². The molecule has 0 aliphatic carbocycles. The maximum absolute atomic E-state index is 5.43. The molecule has 1 N–H and O–H groups in total. The van der Waals surface area contributed by atoms with E-state index in [0.29, 0.717) is 0 Å². The Morgan fingerprint density at radius 2 is 2.12 bits per heavy atom. The van der Waals surface area contributed by atoms with Crippen LogP contribution in [0, 0.1) is 0 Å². The van der Waals surface area contributed by atoms with Gasteiger partial charge in [0.2, 0.25) is 0 Å². The number of hydrogen-bond acceptors (Lipinski definition) is 3. The number of fused-ring (bicyclic) bond motifs is 1. The Labute approximate surface area is 107 Å². The fourth-order valence-corrected chi connectivity index (χ4v) is 3.47. The van der Waals surface area contributed by atoms with Gasteiger partial charge in [0.25, 0.3) is 0 Å². The lowest BCUT2D eigenvalue weighted by Gasteiger charge is -2.02. The van der Waals surface area contributed by atoms with Gasteiger partial charge in [-0.2, -0.15) is 0 Å². The van der Waals surface area contributed by atoms with Gasteiger partial charge in [-0.3, -0.25) is 0 Å².